The molecule has 0 radical (unpaired) electrons. The minimum absolute atomic E-state index is 0.106. The van der Waals surface area contributed by atoms with Crippen LogP contribution < -0.4 is 4.90 Å². The molecule has 0 N–H and O–H groups in total. The second-order valence-corrected chi connectivity index (χ2v) is 6.68. The molecule has 0 saturated carbocycles. The number of hydrogen-bond acceptors (Lipinski definition) is 5. The summed E-state index contributed by atoms with van der Waals surface area (Å²) in [6.07, 6.45) is 5.67. The summed E-state index contributed by atoms with van der Waals surface area (Å²) in [5.41, 5.74) is 2.97. The van der Waals surface area contributed by atoms with Crippen molar-refractivity contribution in [2.24, 2.45) is 0 Å². The number of piperidine rings is 1. The summed E-state index contributed by atoms with van der Waals surface area (Å²) in [4.78, 5) is 25.5. The smallest absolute Gasteiger partial charge is 0.265 e. The fourth-order valence-electron chi connectivity index (χ4n) is 2.84. The lowest BCUT2D eigenvalue weighted by Crippen LogP contribution is -2.38. The number of hydrogen-bond donors (Lipinski definition) is 0. The zero-order valence-corrected chi connectivity index (χ0v) is 13.7. The molecule has 0 bridgehead atoms. The van der Waals surface area contributed by atoms with Crippen LogP contribution in [0.4, 0.5) is 5.82 Å². The highest BCUT2D eigenvalue weighted by atomic mass is 32.1. The second kappa shape index (κ2) is 6.44. The predicted molar refractivity (Wildman–Crippen MR) is 88.6 cm³/mol. The zero-order chi connectivity index (χ0) is 15.5. The molecule has 22 heavy (non-hydrogen) atoms. The summed E-state index contributed by atoms with van der Waals surface area (Å²) in [5, 5.41) is 0. The molecule has 116 valence electrons. The van der Waals surface area contributed by atoms with Gasteiger partial charge in [0, 0.05) is 39.3 Å². The van der Waals surface area contributed by atoms with Crippen LogP contribution in [0.25, 0.3) is 0 Å². The van der Waals surface area contributed by atoms with Gasteiger partial charge in [0.25, 0.3) is 5.91 Å². The molecular weight excluding hydrogens is 296 g/mol. The Morgan fingerprint density at radius 3 is 3.05 bits per heavy atom. The SMILES string of the molecule is CN(C)c1cc([C@@H]2CCCN(C(=O)c3cncs3)C2)ccn1. The maximum absolute atomic E-state index is 12.5. The minimum atomic E-state index is 0.106. The van der Waals surface area contributed by atoms with E-state index in [0.717, 1.165) is 36.6 Å². The van der Waals surface area contributed by atoms with Crippen molar-refractivity contribution in [3.63, 3.8) is 0 Å². The Morgan fingerprint density at radius 1 is 1.45 bits per heavy atom. The Kier molecular flexibility index (Phi) is 4.38. The number of carbonyl (C=O) groups excluding carboxylic acids is 1. The summed E-state index contributed by atoms with van der Waals surface area (Å²) in [5.74, 6) is 1.45. The highest BCUT2D eigenvalue weighted by Gasteiger charge is 2.26. The van der Waals surface area contributed by atoms with Gasteiger partial charge in [0.2, 0.25) is 0 Å². The Balaban J connectivity index is 1.75. The average Bonchev–Trinajstić information content (AvgIpc) is 3.09. The van der Waals surface area contributed by atoms with Gasteiger partial charge in [0.05, 0.1) is 11.7 Å². The van der Waals surface area contributed by atoms with Crippen molar-refractivity contribution in [1.29, 1.82) is 0 Å². The van der Waals surface area contributed by atoms with E-state index in [9.17, 15) is 4.79 Å². The molecule has 1 amide bonds. The van der Waals surface area contributed by atoms with Gasteiger partial charge in [0.1, 0.15) is 10.7 Å². The third-order valence-corrected chi connectivity index (χ3v) is 4.81. The van der Waals surface area contributed by atoms with E-state index in [4.69, 9.17) is 0 Å². The predicted octanol–water partition coefficient (Wildman–Crippen LogP) is 2.62. The summed E-state index contributed by atoms with van der Waals surface area (Å²) in [6.45, 7) is 1.60. The van der Waals surface area contributed by atoms with Crippen LogP contribution in [0.3, 0.4) is 0 Å². The van der Waals surface area contributed by atoms with Crippen molar-refractivity contribution in [2.75, 3.05) is 32.1 Å². The van der Waals surface area contributed by atoms with E-state index in [1.807, 2.05) is 30.1 Å². The van der Waals surface area contributed by atoms with Crippen molar-refractivity contribution in [3.8, 4) is 0 Å². The molecule has 6 heteroatoms. The molecule has 2 aromatic rings. The van der Waals surface area contributed by atoms with E-state index >= 15 is 0 Å². The average molecular weight is 316 g/mol. The van der Waals surface area contributed by atoms with Gasteiger partial charge in [-0.25, -0.2) is 4.98 Å². The molecule has 3 heterocycles. The monoisotopic (exact) mass is 316 g/mol. The van der Waals surface area contributed by atoms with Gasteiger partial charge >= 0.3 is 0 Å². The van der Waals surface area contributed by atoms with Crippen molar-refractivity contribution in [3.05, 3.63) is 40.5 Å². The molecule has 2 aromatic heterocycles. The van der Waals surface area contributed by atoms with Crippen LogP contribution in [0.1, 0.15) is 34.0 Å². The molecule has 1 atom stereocenters. The molecule has 0 unspecified atom stereocenters. The van der Waals surface area contributed by atoms with Crippen LogP contribution in [0, 0.1) is 0 Å². The Morgan fingerprint density at radius 2 is 2.32 bits per heavy atom. The number of rotatable bonds is 3. The molecule has 1 saturated heterocycles. The van der Waals surface area contributed by atoms with Crippen molar-refractivity contribution in [2.45, 2.75) is 18.8 Å². The largest absolute Gasteiger partial charge is 0.363 e. The lowest BCUT2D eigenvalue weighted by atomic mass is 9.91. The lowest BCUT2D eigenvalue weighted by Gasteiger charge is -2.33. The minimum Gasteiger partial charge on any atom is -0.363 e. The number of nitrogens with zero attached hydrogens (tertiary/aromatic N) is 4. The number of pyridine rings is 1. The molecule has 0 aliphatic carbocycles. The Bertz CT molecular complexity index is 641. The van der Waals surface area contributed by atoms with Crippen molar-refractivity contribution >= 4 is 23.1 Å². The Labute approximate surface area is 134 Å². The second-order valence-electron chi connectivity index (χ2n) is 5.80. The van der Waals surface area contributed by atoms with Gasteiger partial charge in [-0.15, -0.1) is 11.3 Å². The molecule has 5 nitrogen and oxygen atoms in total. The summed E-state index contributed by atoms with van der Waals surface area (Å²) in [7, 11) is 3.99. The van der Waals surface area contributed by atoms with Crippen molar-refractivity contribution in [1.82, 2.24) is 14.9 Å². The Hall–Kier alpha value is -1.95. The van der Waals surface area contributed by atoms with Gasteiger partial charge in [-0.1, -0.05) is 0 Å². The fraction of sp³-hybridized carbons (Fsp3) is 0.438. The number of carbonyl (C=O) groups is 1. The van der Waals surface area contributed by atoms with E-state index in [1.165, 1.54) is 16.9 Å². The quantitative estimate of drug-likeness (QED) is 0.873. The topological polar surface area (TPSA) is 49.3 Å². The normalized spacial score (nSPS) is 18.3. The van der Waals surface area contributed by atoms with Gasteiger partial charge < -0.3 is 9.80 Å². The maximum Gasteiger partial charge on any atom is 0.265 e. The first kappa shape index (κ1) is 15.0. The summed E-state index contributed by atoms with van der Waals surface area (Å²) < 4.78 is 0. The molecule has 1 aliphatic rings. The van der Waals surface area contributed by atoms with Crippen LogP contribution in [0.15, 0.2) is 30.0 Å². The highest BCUT2D eigenvalue weighted by Crippen LogP contribution is 2.29. The van der Waals surface area contributed by atoms with E-state index in [1.54, 1.807) is 11.7 Å². The first-order valence-electron chi connectivity index (χ1n) is 7.46. The van der Waals surface area contributed by atoms with E-state index in [-0.39, 0.29) is 5.91 Å². The number of anilines is 1. The van der Waals surface area contributed by atoms with E-state index in [2.05, 4.69) is 22.1 Å². The van der Waals surface area contributed by atoms with Crippen LogP contribution in [-0.2, 0) is 0 Å². The number of amides is 1. The van der Waals surface area contributed by atoms with Crippen molar-refractivity contribution < 1.29 is 4.79 Å². The highest BCUT2D eigenvalue weighted by molar-refractivity contribution is 7.11. The van der Waals surface area contributed by atoms with Gasteiger partial charge in [0.15, 0.2) is 0 Å². The van der Waals surface area contributed by atoms with Crippen LogP contribution in [-0.4, -0.2) is 48.0 Å². The van der Waals surface area contributed by atoms with Crippen LogP contribution in [0.5, 0.6) is 0 Å². The molecular formula is C16H20N4OS. The standard InChI is InChI=1S/C16H20N4OS/c1-19(2)15-8-12(5-6-18-15)13-4-3-7-20(10-13)16(21)14-9-17-11-22-14/h5-6,8-9,11,13H,3-4,7,10H2,1-2H3/t13-/m1/s1. The molecule has 0 aromatic carbocycles. The molecule has 1 aliphatic heterocycles. The lowest BCUT2D eigenvalue weighted by molar-refractivity contribution is 0.0712. The fourth-order valence-corrected chi connectivity index (χ4v) is 3.43. The first-order chi connectivity index (χ1) is 10.6. The van der Waals surface area contributed by atoms with Crippen LogP contribution in [0.2, 0.25) is 0 Å². The van der Waals surface area contributed by atoms with Gasteiger partial charge in [-0.2, -0.15) is 0 Å². The third kappa shape index (κ3) is 3.11. The van der Waals surface area contributed by atoms with E-state index < -0.39 is 0 Å². The van der Waals surface area contributed by atoms with Gasteiger partial charge in [-0.3, -0.25) is 9.78 Å². The number of aromatic nitrogens is 2. The first-order valence-corrected chi connectivity index (χ1v) is 8.34. The number of thiazole rings is 1. The van der Waals surface area contributed by atoms with E-state index in [0.29, 0.717) is 5.92 Å². The molecule has 0 spiro atoms. The number of likely N-dealkylation sites (tertiary alicyclic amines) is 1. The zero-order valence-electron chi connectivity index (χ0n) is 12.9. The molecule has 3 rings (SSSR count). The van der Waals surface area contributed by atoms with Gasteiger partial charge in [-0.05, 0) is 30.5 Å². The van der Waals surface area contributed by atoms with Crippen LogP contribution >= 0.6 is 11.3 Å². The summed E-state index contributed by atoms with van der Waals surface area (Å²) in [6, 6.07) is 4.20. The third-order valence-electron chi connectivity index (χ3n) is 4.05. The summed E-state index contributed by atoms with van der Waals surface area (Å²) >= 11 is 1.41. The molecule has 1 fully saturated rings. The maximum atomic E-state index is 12.5.